The van der Waals surface area contributed by atoms with Gasteiger partial charge in [0.25, 0.3) is 0 Å². The average molecular weight is 359 g/mol. The Balaban J connectivity index is 0. The summed E-state index contributed by atoms with van der Waals surface area (Å²) >= 11 is 0. The van der Waals surface area contributed by atoms with Crippen molar-refractivity contribution in [2.45, 2.75) is 18.3 Å². The SMILES string of the molecule is O=CC(O)C(O)C(O)CO.[PbH2]. The second-order valence-corrected chi connectivity index (χ2v) is 1.87. The molecule has 0 aromatic rings. The molecule has 4 N–H and O–H groups in total. The van der Waals surface area contributed by atoms with Crippen LogP contribution in [0.5, 0.6) is 0 Å². The average Bonchev–Trinajstić information content (AvgIpc) is 2.00. The Morgan fingerprint density at radius 3 is 2.00 bits per heavy atom. The summed E-state index contributed by atoms with van der Waals surface area (Å²) in [4.78, 5) is 9.76. The predicted molar refractivity (Wildman–Crippen MR) is 39.7 cm³/mol. The molecular weight excluding hydrogens is 347 g/mol. The van der Waals surface area contributed by atoms with E-state index in [1.54, 1.807) is 0 Å². The van der Waals surface area contributed by atoms with E-state index in [0.717, 1.165) is 0 Å². The maximum atomic E-state index is 9.76. The second kappa shape index (κ2) is 7.10. The third-order valence-corrected chi connectivity index (χ3v) is 1.07. The topological polar surface area (TPSA) is 98.0 Å². The third kappa shape index (κ3) is 4.80. The van der Waals surface area contributed by atoms with Crippen LogP contribution in [0.15, 0.2) is 0 Å². The summed E-state index contributed by atoms with van der Waals surface area (Å²) in [6.07, 6.45) is -4.63. The zero-order chi connectivity index (χ0) is 8.15. The van der Waals surface area contributed by atoms with Crippen LogP contribution in [0.2, 0.25) is 0 Å². The molecule has 0 aromatic carbocycles. The van der Waals surface area contributed by atoms with Crippen molar-refractivity contribution in [3.63, 3.8) is 0 Å². The van der Waals surface area contributed by atoms with E-state index >= 15 is 0 Å². The summed E-state index contributed by atoms with van der Waals surface area (Å²) in [5.41, 5.74) is 0. The molecule has 3 atom stereocenters. The van der Waals surface area contributed by atoms with Crippen molar-refractivity contribution in [1.29, 1.82) is 0 Å². The first-order valence-electron chi connectivity index (χ1n) is 2.73. The predicted octanol–water partition coefficient (Wildman–Crippen LogP) is -3.66. The van der Waals surface area contributed by atoms with Crippen LogP contribution in [0.1, 0.15) is 0 Å². The Bertz CT molecular complexity index is 109. The van der Waals surface area contributed by atoms with Crippen LogP contribution < -0.4 is 0 Å². The van der Waals surface area contributed by atoms with Crippen LogP contribution in [-0.2, 0) is 4.79 Å². The molecule has 0 aliphatic carbocycles. The number of hydrogen-bond acceptors (Lipinski definition) is 5. The van der Waals surface area contributed by atoms with E-state index in [0.29, 0.717) is 0 Å². The number of carbonyl (C=O) groups is 1. The number of hydrogen-bond donors (Lipinski definition) is 4. The Kier molecular flexibility index (Phi) is 9.03. The van der Waals surface area contributed by atoms with E-state index in [-0.39, 0.29) is 33.6 Å². The van der Waals surface area contributed by atoms with Crippen LogP contribution in [0, 0.1) is 0 Å². The molecule has 0 saturated carbocycles. The number of carbonyl (C=O) groups excluding carboxylic acids is 1. The van der Waals surface area contributed by atoms with Crippen LogP contribution in [0.25, 0.3) is 0 Å². The van der Waals surface area contributed by atoms with Crippen molar-refractivity contribution in [2.75, 3.05) is 6.61 Å². The van der Waals surface area contributed by atoms with E-state index in [4.69, 9.17) is 20.4 Å². The number of rotatable bonds is 4. The fraction of sp³-hybridized carbons (Fsp3) is 0.800. The fourth-order valence-corrected chi connectivity index (χ4v) is 0.416. The van der Waals surface area contributed by atoms with E-state index in [9.17, 15) is 4.79 Å². The van der Waals surface area contributed by atoms with Gasteiger partial charge in [-0.15, -0.1) is 0 Å². The first-order chi connectivity index (χ1) is 4.63. The van der Waals surface area contributed by atoms with Gasteiger partial charge in [-0.25, -0.2) is 0 Å². The molecule has 3 unspecified atom stereocenters. The quantitative estimate of drug-likeness (QED) is 0.307. The van der Waals surface area contributed by atoms with E-state index in [1.807, 2.05) is 0 Å². The summed E-state index contributed by atoms with van der Waals surface area (Å²) < 4.78 is 0. The van der Waals surface area contributed by atoms with Crippen molar-refractivity contribution in [3.05, 3.63) is 0 Å². The number of aldehydes is 1. The molecule has 0 bridgehead atoms. The molecule has 0 heterocycles. The van der Waals surface area contributed by atoms with Crippen molar-refractivity contribution in [1.82, 2.24) is 0 Å². The van der Waals surface area contributed by atoms with Crippen LogP contribution in [-0.4, -0.2) is 78.9 Å². The van der Waals surface area contributed by atoms with Gasteiger partial charge in [0, 0.05) is 0 Å². The van der Waals surface area contributed by atoms with Crippen LogP contribution in [0.3, 0.4) is 0 Å². The van der Waals surface area contributed by atoms with Gasteiger partial charge in [0.1, 0.15) is 18.3 Å². The first-order valence-corrected chi connectivity index (χ1v) is 2.73. The molecule has 66 valence electrons. The Labute approximate surface area is 83.8 Å². The first kappa shape index (κ1) is 14.0. The molecule has 2 radical (unpaired) electrons. The molecule has 0 aliphatic rings. The van der Waals surface area contributed by atoms with Gasteiger partial charge >= 0.3 is 27.3 Å². The molecule has 0 fully saturated rings. The summed E-state index contributed by atoms with van der Waals surface area (Å²) in [5.74, 6) is 0. The molecule has 5 nitrogen and oxygen atoms in total. The monoisotopic (exact) mass is 360 g/mol. The third-order valence-electron chi connectivity index (χ3n) is 1.07. The summed E-state index contributed by atoms with van der Waals surface area (Å²) in [6.45, 7) is -0.688. The maximum absolute atomic E-state index is 9.76. The number of aliphatic hydroxyl groups excluding tert-OH is 4. The van der Waals surface area contributed by atoms with Gasteiger partial charge in [-0.3, -0.25) is 0 Å². The molecule has 0 aromatic heterocycles. The normalized spacial score (nSPS) is 17.8. The second-order valence-electron chi connectivity index (χ2n) is 1.87. The molecule has 11 heavy (non-hydrogen) atoms. The Hall–Kier alpha value is 0.432. The summed E-state index contributed by atoms with van der Waals surface area (Å²) in [7, 11) is 0. The number of aliphatic hydroxyl groups is 4. The summed E-state index contributed by atoms with van der Waals surface area (Å²) in [6, 6.07) is 0. The van der Waals surface area contributed by atoms with Crippen molar-refractivity contribution >= 4 is 33.6 Å². The van der Waals surface area contributed by atoms with Crippen molar-refractivity contribution in [3.8, 4) is 0 Å². The Morgan fingerprint density at radius 1 is 1.27 bits per heavy atom. The minimum absolute atomic E-state index is 0. The molecule has 6 heteroatoms. The zero-order valence-electron chi connectivity index (χ0n) is 5.92. The van der Waals surface area contributed by atoms with E-state index in [1.165, 1.54) is 0 Å². The molecule has 0 spiro atoms. The molecule has 0 rings (SSSR count). The van der Waals surface area contributed by atoms with Crippen LogP contribution >= 0.6 is 0 Å². The molecule has 0 saturated heterocycles. The van der Waals surface area contributed by atoms with Gasteiger partial charge in [0.2, 0.25) is 0 Å². The van der Waals surface area contributed by atoms with Crippen molar-refractivity contribution < 1.29 is 25.2 Å². The summed E-state index contributed by atoms with van der Waals surface area (Å²) in [5, 5.41) is 34.1. The molecular formula is C5H12O5Pb. The van der Waals surface area contributed by atoms with Crippen LogP contribution in [0.4, 0.5) is 0 Å². The van der Waals surface area contributed by atoms with Gasteiger partial charge in [-0.2, -0.15) is 0 Å². The van der Waals surface area contributed by atoms with Gasteiger partial charge < -0.3 is 25.2 Å². The van der Waals surface area contributed by atoms with E-state index in [2.05, 4.69) is 0 Å². The van der Waals surface area contributed by atoms with E-state index < -0.39 is 24.9 Å². The molecule has 0 amide bonds. The van der Waals surface area contributed by atoms with Crippen molar-refractivity contribution in [2.24, 2.45) is 0 Å². The zero-order valence-corrected chi connectivity index (χ0v) is 11.4. The Morgan fingerprint density at radius 2 is 1.73 bits per heavy atom. The fourth-order valence-electron chi connectivity index (χ4n) is 0.416. The standard InChI is InChI=1S/C5H10O5.Pb.2H/c6-1-3(8)5(10)4(9)2-7;;;/h1,3-5,7-10H,2H2;;;. The van der Waals surface area contributed by atoms with Gasteiger partial charge in [-0.05, 0) is 0 Å². The van der Waals surface area contributed by atoms with Gasteiger partial charge in [-0.1, -0.05) is 0 Å². The minimum atomic E-state index is -1.64. The van der Waals surface area contributed by atoms with Gasteiger partial charge in [0.05, 0.1) is 6.61 Å². The molecule has 0 aliphatic heterocycles. The van der Waals surface area contributed by atoms with Gasteiger partial charge in [0.15, 0.2) is 6.29 Å².